The lowest BCUT2D eigenvalue weighted by Crippen LogP contribution is -2.47. The molecule has 0 bridgehead atoms. The zero-order valence-electron chi connectivity index (χ0n) is 15.0. The van der Waals surface area contributed by atoms with Gasteiger partial charge in [0.2, 0.25) is 0 Å². The van der Waals surface area contributed by atoms with Crippen LogP contribution in [-0.2, 0) is 14.8 Å². The summed E-state index contributed by atoms with van der Waals surface area (Å²) in [7, 11) is -2.10. The Kier molecular flexibility index (Phi) is 5.79. The number of hydrogen-bond acceptors (Lipinski definition) is 5. The summed E-state index contributed by atoms with van der Waals surface area (Å²) in [6.45, 7) is 0.750. The fourth-order valence-corrected chi connectivity index (χ4v) is 4.17. The fraction of sp³-hybridized carbons (Fsp3) is 0.316. The van der Waals surface area contributed by atoms with E-state index in [0.29, 0.717) is 25.9 Å². The molecule has 27 heavy (non-hydrogen) atoms. The van der Waals surface area contributed by atoms with E-state index in [1.165, 1.54) is 0 Å². The second-order valence-electron chi connectivity index (χ2n) is 6.45. The number of carbonyl (C=O) groups is 1. The van der Waals surface area contributed by atoms with E-state index in [1.807, 2.05) is 24.3 Å². The number of carboxylic acids is 1. The lowest BCUT2D eigenvalue weighted by molar-refractivity contribution is -0.143. The maximum Gasteiger partial charge on any atom is 0.306 e. The van der Waals surface area contributed by atoms with Crippen molar-refractivity contribution in [3.05, 3.63) is 48.5 Å². The average molecular weight is 390 g/mol. The normalized spacial score (nSPS) is 16.2. The number of rotatable bonds is 6. The quantitative estimate of drug-likeness (QED) is 0.786. The van der Waals surface area contributed by atoms with Gasteiger partial charge in [0, 0.05) is 13.1 Å². The second kappa shape index (κ2) is 8.08. The molecular weight excluding hydrogens is 368 g/mol. The van der Waals surface area contributed by atoms with Gasteiger partial charge >= 0.3 is 5.97 Å². The number of piperidine rings is 1. The van der Waals surface area contributed by atoms with Crippen molar-refractivity contribution in [2.75, 3.05) is 20.2 Å². The van der Waals surface area contributed by atoms with Crippen LogP contribution in [0.25, 0.3) is 11.1 Å². The summed E-state index contributed by atoms with van der Waals surface area (Å²) in [6.07, 6.45) is 0.850. The van der Waals surface area contributed by atoms with Gasteiger partial charge in [-0.2, -0.15) is 0 Å². The van der Waals surface area contributed by atoms with Gasteiger partial charge in [0.1, 0.15) is 5.75 Å². The van der Waals surface area contributed by atoms with Crippen LogP contribution >= 0.6 is 0 Å². The number of methoxy groups -OCH3 is 1. The van der Waals surface area contributed by atoms with Gasteiger partial charge in [-0.1, -0.05) is 24.3 Å². The summed E-state index contributed by atoms with van der Waals surface area (Å²) >= 11 is 0. The van der Waals surface area contributed by atoms with Gasteiger partial charge in [0.25, 0.3) is 10.0 Å². The lowest BCUT2D eigenvalue weighted by atomic mass is 9.98. The molecule has 0 radical (unpaired) electrons. The molecule has 1 saturated heterocycles. The number of sulfonamides is 1. The first-order chi connectivity index (χ1) is 12.9. The number of aliphatic carboxylic acids is 1. The van der Waals surface area contributed by atoms with Crippen molar-refractivity contribution in [1.29, 1.82) is 0 Å². The van der Waals surface area contributed by atoms with Crippen LogP contribution in [0.15, 0.2) is 53.4 Å². The van der Waals surface area contributed by atoms with Crippen molar-refractivity contribution in [3.8, 4) is 16.9 Å². The first-order valence-electron chi connectivity index (χ1n) is 8.64. The Hall–Kier alpha value is -2.42. The minimum Gasteiger partial charge on any atom is -0.497 e. The van der Waals surface area contributed by atoms with E-state index in [0.717, 1.165) is 16.9 Å². The first-order valence-corrected chi connectivity index (χ1v) is 10.1. The molecule has 0 saturated carbocycles. The molecule has 144 valence electrons. The van der Waals surface area contributed by atoms with Crippen molar-refractivity contribution in [1.82, 2.24) is 9.84 Å². The number of hydrazine groups is 1. The Labute approximate surface area is 158 Å². The van der Waals surface area contributed by atoms with Crippen molar-refractivity contribution in [3.63, 3.8) is 0 Å². The Balaban J connectivity index is 1.67. The number of hydrogen-bond donors (Lipinski definition) is 2. The van der Waals surface area contributed by atoms with E-state index in [9.17, 15) is 13.2 Å². The van der Waals surface area contributed by atoms with E-state index in [4.69, 9.17) is 9.84 Å². The van der Waals surface area contributed by atoms with Gasteiger partial charge < -0.3 is 9.84 Å². The molecular formula is C19H22N2O5S. The fourth-order valence-electron chi connectivity index (χ4n) is 3.05. The molecule has 2 aromatic carbocycles. The minimum atomic E-state index is -3.70. The maximum absolute atomic E-state index is 12.6. The van der Waals surface area contributed by atoms with Crippen LogP contribution in [0.3, 0.4) is 0 Å². The zero-order chi connectivity index (χ0) is 19.4. The molecule has 0 aliphatic carbocycles. The van der Waals surface area contributed by atoms with Crippen molar-refractivity contribution in [2.45, 2.75) is 17.7 Å². The van der Waals surface area contributed by atoms with E-state index < -0.39 is 21.9 Å². The van der Waals surface area contributed by atoms with E-state index >= 15 is 0 Å². The van der Waals surface area contributed by atoms with Gasteiger partial charge in [-0.05, 0) is 48.2 Å². The molecule has 0 amide bonds. The third kappa shape index (κ3) is 4.65. The van der Waals surface area contributed by atoms with Crippen LogP contribution in [0.2, 0.25) is 0 Å². The van der Waals surface area contributed by atoms with Crippen LogP contribution < -0.4 is 9.57 Å². The molecule has 0 aromatic heterocycles. The molecule has 2 aromatic rings. The van der Waals surface area contributed by atoms with E-state index in [1.54, 1.807) is 36.4 Å². The lowest BCUT2D eigenvalue weighted by Gasteiger charge is -2.29. The third-order valence-electron chi connectivity index (χ3n) is 4.68. The maximum atomic E-state index is 12.6. The molecule has 2 N–H and O–H groups in total. The van der Waals surface area contributed by atoms with Gasteiger partial charge in [0.15, 0.2) is 0 Å². The molecule has 0 unspecified atom stereocenters. The average Bonchev–Trinajstić information content (AvgIpc) is 2.68. The topological polar surface area (TPSA) is 95.9 Å². The van der Waals surface area contributed by atoms with Gasteiger partial charge in [0.05, 0.1) is 17.9 Å². The van der Waals surface area contributed by atoms with Crippen molar-refractivity contribution < 1.29 is 23.1 Å². The number of ether oxygens (including phenoxy) is 1. The molecule has 1 aliphatic heterocycles. The van der Waals surface area contributed by atoms with Crippen molar-refractivity contribution in [2.24, 2.45) is 5.92 Å². The predicted octanol–water partition coefficient (Wildman–Crippen LogP) is 2.35. The summed E-state index contributed by atoms with van der Waals surface area (Å²) in [4.78, 5) is 13.7. The van der Waals surface area contributed by atoms with Crippen LogP contribution in [0.5, 0.6) is 5.75 Å². The highest BCUT2D eigenvalue weighted by molar-refractivity contribution is 7.89. The number of benzene rings is 2. The number of carboxylic acid groups (broad SMARTS) is 1. The zero-order valence-corrected chi connectivity index (χ0v) is 15.8. The highest BCUT2D eigenvalue weighted by Crippen LogP contribution is 2.24. The summed E-state index contributed by atoms with van der Waals surface area (Å²) < 4.78 is 30.3. The Morgan fingerprint density at radius 2 is 1.56 bits per heavy atom. The molecule has 1 aliphatic rings. The van der Waals surface area contributed by atoms with E-state index in [2.05, 4.69) is 4.83 Å². The summed E-state index contributed by atoms with van der Waals surface area (Å²) in [5.41, 5.74) is 1.86. The summed E-state index contributed by atoms with van der Waals surface area (Å²) in [5.74, 6) is -0.477. The van der Waals surface area contributed by atoms with Crippen LogP contribution in [0, 0.1) is 5.92 Å². The molecule has 0 atom stereocenters. The molecule has 3 rings (SSSR count). The Morgan fingerprint density at radius 3 is 2.04 bits per heavy atom. The largest absolute Gasteiger partial charge is 0.497 e. The van der Waals surface area contributed by atoms with Crippen LogP contribution in [0.4, 0.5) is 0 Å². The molecule has 1 fully saturated rings. The Bertz CT molecular complexity index is 887. The highest BCUT2D eigenvalue weighted by atomic mass is 32.2. The summed E-state index contributed by atoms with van der Waals surface area (Å²) in [5, 5.41) is 10.6. The minimum absolute atomic E-state index is 0.167. The Morgan fingerprint density at radius 1 is 1.04 bits per heavy atom. The van der Waals surface area contributed by atoms with Crippen molar-refractivity contribution >= 4 is 16.0 Å². The molecule has 0 spiro atoms. The van der Waals surface area contributed by atoms with Crippen LogP contribution in [0.1, 0.15) is 12.8 Å². The highest BCUT2D eigenvalue weighted by Gasteiger charge is 2.27. The summed E-state index contributed by atoms with van der Waals surface area (Å²) in [6, 6.07) is 14.2. The number of nitrogens with one attached hydrogen (secondary N) is 1. The monoisotopic (exact) mass is 390 g/mol. The second-order valence-corrected chi connectivity index (χ2v) is 8.11. The van der Waals surface area contributed by atoms with Gasteiger partial charge in [-0.3, -0.25) is 4.79 Å². The predicted molar refractivity (Wildman–Crippen MR) is 101 cm³/mol. The molecule has 8 heteroatoms. The smallest absolute Gasteiger partial charge is 0.306 e. The third-order valence-corrected chi connectivity index (χ3v) is 6.07. The van der Waals surface area contributed by atoms with Gasteiger partial charge in [-0.25, -0.2) is 13.4 Å². The SMILES string of the molecule is COc1ccc(-c2ccc(S(=O)(=O)NN3CCC(C(=O)O)CC3)cc2)cc1. The standard InChI is InChI=1S/C19H22N2O5S/c1-26-17-6-2-14(3-7-17)15-4-8-18(9-5-15)27(24,25)20-21-12-10-16(11-13-21)19(22)23/h2-9,16,20H,10-13H2,1H3,(H,22,23). The first kappa shape index (κ1) is 19.3. The molecule has 7 nitrogen and oxygen atoms in total. The number of nitrogens with zero attached hydrogens (tertiary/aromatic N) is 1. The molecule has 1 heterocycles. The van der Waals surface area contributed by atoms with E-state index in [-0.39, 0.29) is 4.90 Å². The van der Waals surface area contributed by atoms with Gasteiger partial charge in [-0.15, -0.1) is 4.83 Å². The van der Waals surface area contributed by atoms with Crippen LogP contribution in [-0.4, -0.2) is 44.7 Å².